The Bertz CT molecular complexity index is 404. The summed E-state index contributed by atoms with van der Waals surface area (Å²) in [5.41, 5.74) is -1.08. The Morgan fingerprint density at radius 1 is 1.45 bits per heavy atom. The minimum Gasteiger partial charge on any atom is -0.467 e. The van der Waals surface area contributed by atoms with Crippen molar-refractivity contribution < 1.29 is 19.1 Å². The van der Waals surface area contributed by atoms with Crippen LogP contribution in [-0.4, -0.2) is 48.4 Å². The van der Waals surface area contributed by atoms with Gasteiger partial charge in [-0.05, 0) is 19.8 Å². The number of likely N-dealkylation sites (tertiary alicyclic amines) is 1. The van der Waals surface area contributed by atoms with Gasteiger partial charge in [0.1, 0.15) is 5.54 Å². The fourth-order valence-electron chi connectivity index (χ4n) is 2.28. The van der Waals surface area contributed by atoms with Crippen molar-refractivity contribution in [3.63, 3.8) is 0 Å². The third-order valence-corrected chi connectivity index (χ3v) is 3.30. The number of hydrogen-bond acceptors (Lipinski definition) is 4. The molecule has 0 aromatic rings. The smallest absolute Gasteiger partial charge is 0.330 e. The topological polar surface area (TPSA) is 75.7 Å². The number of carbonyl (C=O) groups is 3. The predicted molar refractivity (Wildman–Crippen MR) is 73.8 cm³/mol. The van der Waals surface area contributed by atoms with E-state index in [-0.39, 0.29) is 18.2 Å². The second-order valence-electron chi connectivity index (χ2n) is 6.20. The van der Waals surface area contributed by atoms with E-state index in [1.54, 1.807) is 18.7 Å². The van der Waals surface area contributed by atoms with E-state index in [1.165, 1.54) is 7.11 Å². The second-order valence-corrected chi connectivity index (χ2v) is 6.20. The van der Waals surface area contributed by atoms with Gasteiger partial charge in [-0.25, -0.2) is 4.79 Å². The highest BCUT2D eigenvalue weighted by Crippen LogP contribution is 2.20. The fraction of sp³-hybridized carbons (Fsp3) is 0.786. The number of nitrogens with zero attached hydrogens (tertiary/aromatic N) is 1. The van der Waals surface area contributed by atoms with Gasteiger partial charge in [0.15, 0.2) is 0 Å². The van der Waals surface area contributed by atoms with Gasteiger partial charge in [0.25, 0.3) is 0 Å². The van der Waals surface area contributed by atoms with E-state index in [4.69, 9.17) is 0 Å². The van der Waals surface area contributed by atoms with Gasteiger partial charge in [-0.2, -0.15) is 0 Å². The van der Waals surface area contributed by atoms with E-state index in [0.717, 1.165) is 0 Å². The van der Waals surface area contributed by atoms with Crippen molar-refractivity contribution in [3.8, 4) is 0 Å². The summed E-state index contributed by atoms with van der Waals surface area (Å²) in [4.78, 5) is 37.2. The molecule has 1 rings (SSSR count). The fourth-order valence-corrected chi connectivity index (χ4v) is 2.28. The van der Waals surface area contributed by atoms with Crippen LogP contribution >= 0.6 is 0 Å². The first-order valence-electron chi connectivity index (χ1n) is 6.85. The maximum Gasteiger partial charge on any atom is 0.330 e. The van der Waals surface area contributed by atoms with E-state index >= 15 is 0 Å². The summed E-state index contributed by atoms with van der Waals surface area (Å²) < 4.78 is 4.64. The molecule has 20 heavy (non-hydrogen) atoms. The average molecular weight is 284 g/mol. The van der Waals surface area contributed by atoms with Crippen LogP contribution in [0.4, 0.5) is 0 Å². The quantitative estimate of drug-likeness (QED) is 0.748. The Morgan fingerprint density at radius 2 is 2.05 bits per heavy atom. The standard InChI is InChI=1S/C14H24N2O4/c1-9(2)7-16-8-10(6-11(16)17)12(18)15-14(3,4)13(19)20-5/h9-10H,6-8H2,1-5H3,(H,15,18)/t10-/m1/s1. The number of nitrogens with one attached hydrogen (secondary N) is 1. The number of hydrogen-bond donors (Lipinski definition) is 1. The largest absolute Gasteiger partial charge is 0.467 e. The molecule has 6 nitrogen and oxygen atoms in total. The van der Waals surface area contributed by atoms with Crippen molar-refractivity contribution in [2.24, 2.45) is 11.8 Å². The molecule has 6 heteroatoms. The summed E-state index contributed by atoms with van der Waals surface area (Å²) in [6.07, 6.45) is 0.204. The molecule has 1 N–H and O–H groups in total. The van der Waals surface area contributed by atoms with Crippen molar-refractivity contribution in [3.05, 3.63) is 0 Å². The molecule has 0 radical (unpaired) electrons. The summed E-state index contributed by atoms with van der Waals surface area (Å²) in [6, 6.07) is 0. The Kier molecular flexibility index (Phi) is 5.14. The molecule has 0 saturated carbocycles. The molecule has 1 aliphatic heterocycles. The number of amides is 2. The molecule has 0 aliphatic carbocycles. The van der Waals surface area contributed by atoms with Gasteiger partial charge >= 0.3 is 5.97 Å². The highest BCUT2D eigenvalue weighted by Gasteiger charge is 2.38. The number of ether oxygens (including phenoxy) is 1. The van der Waals surface area contributed by atoms with E-state index < -0.39 is 17.4 Å². The SMILES string of the molecule is COC(=O)C(C)(C)NC(=O)[C@@H]1CC(=O)N(CC(C)C)C1. The van der Waals surface area contributed by atoms with Crippen LogP contribution in [0.1, 0.15) is 34.1 Å². The van der Waals surface area contributed by atoms with E-state index in [9.17, 15) is 14.4 Å². The Morgan fingerprint density at radius 3 is 2.55 bits per heavy atom. The summed E-state index contributed by atoms with van der Waals surface area (Å²) >= 11 is 0. The lowest BCUT2D eigenvalue weighted by Crippen LogP contribution is -2.52. The zero-order chi connectivity index (χ0) is 15.5. The van der Waals surface area contributed by atoms with Crippen LogP contribution in [0.15, 0.2) is 0 Å². The van der Waals surface area contributed by atoms with Gasteiger partial charge in [0.05, 0.1) is 13.0 Å². The molecule has 0 spiro atoms. The van der Waals surface area contributed by atoms with Gasteiger partial charge < -0.3 is 15.0 Å². The third kappa shape index (κ3) is 3.95. The summed E-state index contributed by atoms with van der Waals surface area (Å²) in [5, 5.41) is 2.65. The minimum absolute atomic E-state index is 0.00489. The normalized spacial score (nSPS) is 19.4. The molecule has 0 aromatic carbocycles. The van der Waals surface area contributed by atoms with Crippen molar-refractivity contribution in [1.29, 1.82) is 0 Å². The van der Waals surface area contributed by atoms with Crippen LogP contribution in [-0.2, 0) is 19.1 Å². The second kappa shape index (κ2) is 6.24. The maximum absolute atomic E-state index is 12.2. The van der Waals surface area contributed by atoms with Crippen LogP contribution in [0, 0.1) is 11.8 Å². The zero-order valence-corrected chi connectivity index (χ0v) is 12.9. The molecule has 1 saturated heterocycles. The molecule has 0 aromatic heterocycles. The minimum atomic E-state index is -1.08. The molecular formula is C14H24N2O4. The number of esters is 1. The van der Waals surface area contributed by atoms with Gasteiger partial charge in [0.2, 0.25) is 11.8 Å². The molecule has 1 aliphatic rings. The van der Waals surface area contributed by atoms with Gasteiger partial charge in [-0.1, -0.05) is 13.8 Å². The summed E-state index contributed by atoms with van der Waals surface area (Å²) in [6.45, 7) is 8.30. The summed E-state index contributed by atoms with van der Waals surface area (Å²) in [7, 11) is 1.28. The molecular weight excluding hydrogens is 260 g/mol. The Hall–Kier alpha value is -1.59. The Labute approximate surface area is 119 Å². The van der Waals surface area contributed by atoms with Crippen molar-refractivity contribution in [1.82, 2.24) is 10.2 Å². The monoisotopic (exact) mass is 284 g/mol. The van der Waals surface area contributed by atoms with Crippen LogP contribution in [0.2, 0.25) is 0 Å². The van der Waals surface area contributed by atoms with Crippen LogP contribution in [0.25, 0.3) is 0 Å². The molecule has 2 amide bonds. The van der Waals surface area contributed by atoms with E-state index in [0.29, 0.717) is 19.0 Å². The first kappa shape index (κ1) is 16.5. The zero-order valence-electron chi connectivity index (χ0n) is 12.9. The predicted octanol–water partition coefficient (Wildman–Crippen LogP) is 0.559. The van der Waals surface area contributed by atoms with E-state index in [2.05, 4.69) is 10.1 Å². The number of methoxy groups -OCH3 is 1. The number of rotatable bonds is 5. The average Bonchev–Trinajstić information content (AvgIpc) is 2.68. The molecule has 1 atom stereocenters. The molecule has 0 unspecified atom stereocenters. The maximum atomic E-state index is 12.2. The molecule has 1 fully saturated rings. The highest BCUT2D eigenvalue weighted by atomic mass is 16.5. The highest BCUT2D eigenvalue weighted by molar-refractivity contribution is 5.92. The first-order valence-corrected chi connectivity index (χ1v) is 6.85. The van der Waals surface area contributed by atoms with Gasteiger partial charge in [0, 0.05) is 19.5 Å². The lowest BCUT2D eigenvalue weighted by Gasteiger charge is -2.25. The van der Waals surface area contributed by atoms with Gasteiger partial charge in [-0.15, -0.1) is 0 Å². The molecule has 0 bridgehead atoms. The lowest BCUT2D eigenvalue weighted by molar-refractivity contribution is -0.149. The van der Waals surface area contributed by atoms with Crippen LogP contribution < -0.4 is 5.32 Å². The van der Waals surface area contributed by atoms with Crippen molar-refractivity contribution in [2.75, 3.05) is 20.2 Å². The first-order chi connectivity index (χ1) is 9.17. The van der Waals surface area contributed by atoms with Crippen molar-refractivity contribution >= 4 is 17.8 Å². The van der Waals surface area contributed by atoms with Crippen molar-refractivity contribution in [2.45, 2.75) is 39.7 Å². The van der Waals surface area contributed by atoms with Gasteiger partial charge in [-0.3, -0.25) is 9.59 Å². The lowest BCUT2D eigenvalue weighted by atomic mass is 10.0. The molecule has 114 valence electrons. The molecule has 1 heterocycles. The van der Waals surface area contributed by atoms with E-state index in [1.807, 2.05) is 13.8 Å². The van der Waals surface area contributed by atoms with Crippen LogP contribution in [0.5, 0.6) is 0 Å². The number of carbonyl (C=O) groups excluding carboxylic acids is 3. The Balaban J connectivity index is 2.62. The third-order valence-electron chi connectivity index (χ3n) is 3.30. The van der Waals surface area contributed by atoms with Crippen LogP contribution in [0.3, 0.4) is 0 Å². The summed E-state index contributed by atoms with van der Waals surface area (Å²) in [5.74, 6) is -0.818.